The largest absolute Gasteiger partial charge is 0.347 e. The van der Waals surface area contributed by atoms with E-state index < -0.39 is 0 Å². The maximum Gasteiger partial charge on any atom is 0.251 e. The Kier molecular flexibility index (Phi) is 4.80. The SMILES string of the molecule is Cc1c(CNC(=O)c2ccc(Br)cc2)sc2nc(-c3ccc(F)cc3)cn12. The van der Waals surface area contributed by atoms with Crippen LogP contribution in [0.15, 0.2) is 59.2 Å². The van der Waals surface area contributed by atoms with Crippen molar-refractivity contribution in [3.8, 4) is 11.3 Å². The van der Waals surface area contributed by atoms with Crippen molar-refractivity contribution < 1.29 is 9.18 Å². The summed E-state index contributed by atoms with van der Waals surface area (Å²) in [6.07, 6.45) is 1.94. The smallest absolute Gasteiger partial charge is 0.251 e. The lowest BCUT2D eigenvalue weighted by Crippen LogP contribution is -2.22. The highest BCUT2D eigenvalue weighted by Crippen LogP contribution is 2.27. The number of halogens is 2. The van der Waals surface area contributed by atoms with E-state index in [1.165, 1.54) is 23.5 Å². The molecule has 0 unspecified atom stereocenters. The van der Waals surface area contributed by atoms with Crippen LogP contribution in [0, 0.1) is 12.7 Å². The van der Waals surface area contributed by atoms with Gasteiger partial charge >= 0.3 is 0 Å². The molecule has 7 heteroatoms. The van der Waals surface area contributed by atoms with Gasteiger partial charge in [0.25, 0.3) is 5.91 Å². The molecule has 0 saturated heterocycles. The number of fused-ring (bicyclic) bond motifs is 1. The Morgan fingerprint density at radius 1 is 1.19 bits per heavy atom. The summed E-state index contributed by atoms with van der Waals surface area (Å²) in [7, 11) is 0. The number of carbonyl (C=O) groups excluding carboxylic acids is 1. The van der Waals surface area contributed by atoms with Gasteiger partial charge < -0.3 is 5.32 Å². The first-order valence-electron chi connectivity index (χ1n) is 8.28. The average molecular weight is 444 g/mol. The van der Waals surface area contributed by atoms with Gasteiger partial charge in [-0.3, -0.25) is 9.20 Å². The first-order chi connectivity index (χ1) is 13.0. The molecule has 0 aliphatic heterocycles. The van der Waals surface area contributed by atoms with Gasteiger partial charge in [0.1, 0.15) is 5.82 Å². The van der Waals surface area contributed by atoms with Crippen molar-refractivity contribution in [3.63, 3.8) is 0 Å². The summed E-state index contributed by atoms with van der Waals surface area (Å²) in [6.45, 7) is 2.45. The third-order valence-electron chi connectivity index (χ3n) is 4.31. The molecule has 0 aliphatic carbocycles. The molecule has 0 bridgehead atoms. The minimum absolute atomic E-state index is 0.111. The summed E-state index contributed by atoms with van der Waals surface area (Å²) < 4.78 is 16.0. The van der Waals surface area contributed by atoms with Crippen molar-refractivity contribution in [1.29, 1.82) is 0 Å². The monoisotopic (exact) mass is 443 g/mol. The lowest BCUT2D eigenvalue weighted by atomic mass is 10.2. The second-order valence-corrected chi connectivity index (χ2v) is 8.06. The summed E-state index contributed by atoms with van der Waals surface area (Å²) in [4.78, 5) is 18.8. The molecular weight excluding hydrogens is 429 g/mol. The van der Waals surface area contributed by atoms with Crippen LogP contribution in [0.3, 0.4) is 0 Å². The number of nitrogens with one attached hydrogen (secondary N) is 1. The Morgan fingerprint density at radius 2 is 1.89 bits per heavy atom. The van der Waals surface area contributed by atoms with E-state index in [9.17, 15) is 9.18 Å². The zero-order chi connectivity index (χ0) is 19.0. The number of imidazole rings is 1. The van der Waals surface area contributed by atoms with Crippen molar-refractivity contribution in [2.24, 2.45) is 0 Å². The van der Waals surface area contributed by atoms with Gasteiger partial charge in [-0.05, 0) is 55.5 Å². The number of amides is 1. The van der Waals surface area contributed by atoms with E-state index in [2.05, 4.69) is 26.2 Å². The molecule has 0 fully saturated rings. The molecule has 4 aromatic rings. The highest BCUT2D eigenvalue weighted by molar-refractivity contribution is 9.10. The molecule has 0 aliphatic rings. The fraction of sp³-hybridized carbons (Fsp3) is 0.100. The summed E-state index contributed by atoms with van der Waals surface area (Å²) in [5, 5.41) is 2.95. The van der Waals surface area contributed by atoms with Crippen LogP contribution in [-0.2, 0) is 6.54 Å². The number of aromatic nitrogens is 2. The highest BCUT2D eigenvalue weighted by Gasteiger charge is 2.14. The minimum atomic E-state index is -0.264. The van der Waals surface area contributed by atoms with E-state index in [-0.39, 0.29) is 11.7 Å². The summed E-state index contributed by atoms with van der Waals surface area (Å²) in [5.41, 5.74) is 3.33. The highest BCUT2D eigenvalue weighted by atomic mass is 79.9. The minimum Gasteiger partial charge on any atom is -0.347 e. The standard InChI is InChI=1S/C20H15BrFN3OS/c1-12-18(10-23-19(26)14-2-6-15(21)7-3-14)27-20-24-17(11-25(12)20)13-4-8-16(22)9-5-13/h2-9,11H,10H2,1H3,(H,23,26). The Labute approximate surface area is 167 Å². The number of aryl methyl sites for hydroxylation is 1. The Hall–Kier alpha value is -2.51. The zero-order valence-corrected chi connectivity index (χ0v) is 16.8. The quantitative estimate of drug-likeness (QED) is 0.470. The van der Waals surface area contributed by atoms with Crippen LogP contribution in [-0.4, -0.2) is 15.3 Å². The molecule has 2 aromatic carbocycles. The molecule has 0 radical (unpaired) electrons. The second kappa shape index (κ2) is 7.25. The van der Waals surface area contributed by atoms with Gasteiger partial charge in [-0.2, -0.15) is 0 Å². The van der Waals surface area contributed by atoms with Gasteiger partial charge in [0.15, 0.2) is 4.96 Å². The number of rotatable bonds is 4. The third-order valence-corrected chi connectivity index (χ3v) is 5.99. The predicted molar refractivity (Wildman–Crippen MR) is 109 cm³/mol. The molecule has 1 amide bonds. The van der Waals surface area contributed by atoms with E-state index in [1.807, 2.05) is 29.7 Å². The lowest BCUT2D eigenvalue weighted by Gasteiger charge is -2.05. The Balaban J connectivity index is 1.52. The van der Waals surface area contributed by atoms with E-state index in [0.717, 1.165) is 31.3 Å². The molecular formula is C20H15BrFN3OS. The van der Waals surface area contributed by atoms with E-state index in [4.69, 9.17) is 0 Å². The average Bonchev–Trinajstić information content (AvgIpc) is 3.20. The molecule has 27 heavy (non-hydrogen) atoms. The third kappa shape index (κ3) is 3.65. The maximum absolute atomic E-state index is 13.1. The Bertz CT molecular complexity index is 1120. The van der Waals surface area contributed by atoms with E-state index in [0.29, 0.717) is 12.1 Å². The molecule has 0 spiro atoms. The summed E-state index contributed by atoms with van der Waals surface area (Å²) in [5.74, 6) is -0.375. The van der Waals surface area contributed by atoms with Gasteiger partial charge in [-0.25, -0.2) is 9.37 Å². The second-order valence-electron chi connectivity index (χ2n) is 6.09. The zero-order valence-electron chi connectivity index (χ0n) is 14.4. The predicted octanol–water partition coefficient (Wildman–Crippen LogP) is 5.20. The van der Waals surface area contributed by atoms with Crippen LogP contribution in [0.5, 0.6) is 0 Å². The fourth-order valence-corrected chi connectivity index (χ4v) is 4.09. The molecule has 2 heterocycles. The van der Waals surface area contributed by atoms with Crippen LogP contribution in [0.2, 0.25) is 0 Å². The molecule has 1 N–H and O–H groups in total. The lowest BCUT2D eigenvalue weighted by molar-refractivity contribution is 0.0951. The Morgan fingerprint density at radius 3 is 2.56 bits per heavy atom. The first-order valence-corrected chi connectivity index (χ1v) is 9.89. The molecule has 0 atom stereocenters. The van der Waals surface area contributed by atoms with Crippen molar-refractivity contribution in [1.82, 2.24) is 14.7 Å². The summed E-state index contributed by atoms with van der Waals surface area (Å²) in [6, 6.07) is 13.5. The van der Waals surface area contributed by atoms with Crippen molar-refractivity contribution in [3.05, 3.63) is 81.2 Å². The number of thiazole rings is 1. The van der Waals surface area contributed by atoms with Crippen LogP contribution in [0.1, 0.15) is 20.9 Å². The van der Waals surface area contributed by atoms with Crippen molar-refractivity contribution in [2.75, 3.05) is 0 Å². The van der Waals surface area contributed by atoms with E-state index >= 15 is 0 Å². The normalized spacial score (nSPS) is 11.1. The van der Waals surface area contributed by atoms with Crippen LogP contribution >= 0.6 is 27.3 Å². The first kappa shape index (κ1) is 17.9. The topological polar surface area (TPSA) is 46.4 Å². The molecule has 4 nitrogen and oxygen atoms in total. The molecule has 0 saturated carbocycles. The van der Waals surface area contributed by atoms with Crippen LogP contribution in [0.25, 0.3) is 16.2 Å². The summed E-state index contributed by atoms with van der Waals surface area (Å²) >= 11 is 4.90. The van der Waals surface area contributed by atoms with E-state index in [1.54, 1.807) is 24.3 Å². The van der Waals surface area contributed by atoms with Gasteiger partial charge in [-0.15, -0.1) is 0 Å². The molecule has 4 rings (SSSR count). The van der Waals surface area contributed by atoms with Gasteiger partial charge in [-0.1, -0.05) is 27.3 Å². The molecule has 136 valence electrons. The number of hydrogen-bond acceptors (Lipinski definition) is 3. The number of benzene rings is 2. The fourth-order valence-electron chi connectivity index (χ4n) is 2.78. The number of nitrogens with zero attached hydrogens (tertiary/aromatic N) is 2. The van der Waals surface area contributed by atoms with Crippen molar-refractivity contribution >= 4 is 38.1 Å². The van der Waals surface area contributed by atoms with Gasteiger partial charge in [0.2, 0.25) is 0 Å². The van der Waals surface area contributed by atoms with Gasteiger partial charge in [0, 0.05) is 32.4 Å². The molecule has 2 aromatic heterocycles. The number of carbonyl (C=O) groups is 1. The van der Waals surface area contributed by atoms with Crippen LogP contribution in [0.4, 0.5) is 4.39 Å². The van der Waals surface area contributed by atoms with Crippen LogP contribution < -0.4 is 5.32 Å². The van der Waals surface area contributed by atoms with Crippen molar-refractivity contribution in [2.45, 2.75) is 13.5 Å². The maximum atomic E-state index is 13.1. The van der Waals surface area contributed by atoms with Gasteiger partial charge in [0.05, 0.1) is 12.2 Å². The number of hydrogen-bond donors (Lipinski definition) is 1.